The molecule has 162 valence electrons. The minimum atomic E-state index is -2.87. The Kier molecular flexibility index (Phi) is 6.64. The van der Waals surface area contributed by atoms with Gasteiger partial charge in [0.15, 0.2) is 23.0 Å². The number of nitro benzene ring substituents is 2. The topological polar surface area (TPSA) is 164 Å². The number of hydrogen-bond donors (Lipinski definition) is 2. The highest BCUT2D eigenvalue weighted by Gasteiger charge is 2.38. The third kappa shape index (κ3) is 4.34. The van der Waals surface area contributed by atoms with Gasteiger partial charge in [0.05, 0.1) is 56.0 Å². The van der Waals surface area contributed by atoms with Crippen molar-refractivity contribution in [3.63, 3.8) is 0 Å². The first kappa shape index (κ1) is 22.6. The molecule has 0 heterocycles. The van der Waals surface area contributed by atoms with Crippen LogP contribution in [0.5, 0.6) is 23.0 Å². The number of methoxy groups -OCH3 is 4. The summed E-state index contributed by atoms with van der Waals surface area (Å²) < 4.78 is 20.2. The third-order valence-electron chi connectivity index (χ3n) is 4.35. The van der Waals surface area contributed by atoms with Crippen LogP contribution in [0.25, 0.3) is 0 Å². The molecule has 0 atom stereocenters. The molecule has 12 nitrogen and oxygen atoms in total. The fourth-order valence-corrected chi connectivity index (χ4v) is 2.92. The summed E-state index contributed by atoms with van der Waals surface area (Å²) in [5, 5.41) is 44.4. The Bertz CT molecular complexity index is 974. The minimum Gasteiger partial charge on any atom is -0.493 e. The number of aliphatic hydroxyl groups is 2. The van der Waals surface area contributed by atoms with Gasteiger partial charge in [0.1, 0.15) is 0 Å². The second-order valence-electron chi connectivity index (χ2n) is 6.07. The van der Waals surface area contributed by atoms with Crippen LogP contribution in [-0.4, -0.2) is 48.5 Å². The Hall–Kier alpha value is -3.64. The van der Waals surface area contributed by atoms with Crippen LogP contribution < -0.4 is 18.9 Å². The lowest BCUT2D eigenvalue weighted by atomic mass is 9.94. The first-order valence-corrected chi connectivity index (χ1v) is 8.34. The third-order valence-corrected chi connectivity index (χ3v) is 4.35. The van der Waals surface area contributed by atoms with Crippen molar-refractivity contribution in [2.75, 3.05) is 28.4 Å². The minimum absolute atomic E-state index is 0.000785. The fourth-order valence-electron chi connectivity index (χ4n) is 2.92. The largest absolute Gasteiger partial charge is 0.493 e. The number of hydrogen-bond acceptors (Lipinski definition) is 10. The van der Waals surface area contributed by atoms with Crippen molar-refractivity contribution >= 4 is 11.4 Å². The highest BCUT2D eigenvalue weighted by molar-refractivity contribution is 5.58. The van der Waals surface area contributed by atoms with Gasteiger partial charge in [-0.3, -0.25) is 20.2 Å². The number of ether oxygens (including phenoxy) is 4. The molecule has 0 aliphatic rings. The molecule has 0 aromatic heterocycles. The predicted molar refractivity (Wildman–Crippen MR) is 102 cm³/mol. The van der Waals surface area contributed by atoms with Gasteiger partial charge in [-0.05, 0) is 12.1 Å². The SMILES string of the molecule is COc1cc(CC(O)(O)c2cc(OC)c(OC)cc2[N+](=O)[O-])c([N+](=O)[O-])cc1OC. The van der Waals surface area contributed by atoms with Crippen molar-refractivity contribution in [3.8, 4) is 23.0 Å². The summed E-state index contributed by atoms with van der Waals surface area (Å²) in [6.45, 7) is 0. The Labute approximate surface area is 170 Å². The molecule has 0 saturated heterocycles. The van der Waals surface area contributed by atoms with E-state index < -0.39 is 39.0 Å². The molecule has 2 aromatic rings. The highest BCUT2D eigenvalue weighted by Crippen LogP contribution is 2.42. The summed E-state index contributed by atoms with van der Waals surface area (Å²) in [7, 11) is 5.12. The van der Waals surface area contributed by atoms with E-state index in [2.05, 4.69) is 0 Å². The summed E-state index contributed by atoms with van der Waals surface area (Å²) in [4.78, 5) is 21.4. The maximum Gasteiger partial charge on any atom is 0.281 e. The van der Waals surface area contributed by atoms with Crippen LogP contribution in [-0.2, 0) is 12.2 Å². The van der Waals surface area contributed by atoms with Gasteiger partial charge in [0.25, 0.3) is 11.4 Å². The van der Waals surface area contributed by atoms with Gasteiger partial charge in [0.2, 0.25) is 5.79 Å². The molecule has 0 spiro atoms. The fraction of sp³-hybridized carbons (Fsp3) is 0.333. The first-order chi connectivity index (χ1) is 14.1. The summed E-state index contributed by atoms with van der Waals surface area (Å²) in [6.07, 6.45) is -0.764. The van der Waals surface area contributed by atoms with E-state index in [-0.39, 0.29) is 28.6 Å². The second kappa shape index (κ2) is 8.80. The van der Waals surface area contributed by atoms with Gasteiger partial charge < -0.3 is 29.2 Å². The van der Waals surface area contributed by atoms with E-state index in [4.69, 9.17) is 18.9 Å². The maximum absolute atomic E-state index is 11.5. The van der Waals surface area contributed by atoms with Crippen LogP contribution >= 0.6 is 0 Å². The zero-order valence-electron chi connectivity index (χ0n) is 16.6. The van der Waals surface area contributed by atoms with E-state index in [0.717, 1.165) is 18.2 Å². The second-order valence-corrected chi connectivity index (χ2v) is 6.07. The Morgan fingerprint density at radius 2 is 1.17 bits per heavy atom. The number of nitro groups is 2. The van der Waals surface area contributed by atoms with Gasteiger partial charge in [0, 0.05) is 12.0 Å². The molecule has 2 aromatic carbocycles. The highest BCUT2D eigenvalue weighted by atomic mass is 16.6. The first-order valence-electron chi connectivity index (χ1n) is 8.34. The number of nitrogens with zero attached hydrogens (tertiary/aromatic N) is 2. The summed E-state index contributed by atoms with van der Waals surface area (Å²) in [5.41, 5.74) is -1.83. The Morgan fingerprint density at radius 1 is 0.767 bits per heavy atom. The van der Waals surface area contributed by atoms with Crippen LogP contribution in [0, 0.1) is 20.2 Å². The monoisotopic (exact) mass is 424 g/mol. The lowest BCUT2D eigenvalue weighted by Gasteiger charge is -2.23. The van der Waals surface area contributed by atoms with Crippen LogP contribution in [0.4, 0.5) is 11.4 Å². The summed E-state index contributed by atoms with van der Waals surface area (Å²) >= 11 is 0. The van der Waals surface area contributed by atoms with E-state index >= 15 is 0 Å². The maximum atomic E-state index is 11.5. The quantitative estimate of drug-likeness (QED) is 0.345. The van der Waals surface area contributed by atoms with E-state index in [1.807, 2.05) is 0 Å². The van der Waals surface area contributed by atoms with Gasteiger partial charge in [-0.25, -0.2) is 0 Å². The van der Waals surface area contributed by atoms with Gasteiger partial charge >= 0.3 is 0 Å². The van der Waals surface area contributed by atoms with Crippen LogP contribution in [0.15, 0.2) is 24.3 Å². The zero-order valence-corrected chi connectivity index (χ0v) is 16.6. The number of rotatable bonds is 9. The van der Waals surface area contributed by atoms with Crippen molar-refractivity contribution in [1.82, 2.24) is 0 Å². The average Bonchev–Trinajstić information content (AvgIpc) is 2.71. The molecule has 0 aliphatic carbocycles. The molecule has 30 heavy (non-hydrogen) atoms. The van der Waals surface area contributed by atoms with Crippen molar-refractivity contribution in [2.24, 2.45) is 0 Å². The summed E-state index contributed by atoms with van der Waals surface area (Å²) in [6, 6.07) is 4.26. The zero-order chi connectivity index (χ0) is 22.6. The molecule has 2 rings (SSSR count). The molecule has 0 aliphatic heterocycles. The molecule has 0 amide bonds. The standard InChI is InChI=1S/C18H20N2O10/c1-27-14-5-10(12(19(23)24)7-16(14)29-3)9-18(21,22)11-6-15(28-2)17(30-4)8-13(11)20(25)26/h5-8,21-22H,9H2,1-4H3. The molecule has 0 saturated carbocycles. The predicted octanol–water partition coefficient (Wildman–Crippen LogP) is 1.92. The Morgan fingerprint density at radius 3 is 1.60 bits per heavy atom. The molecule has 0 radical (unpaired) electrons. The molecule has 2 N–H and O–H groups in total. The molecular formula is C18H20N2O10. The average molecular weight is 424 g/mol. The molecule has 12 heteroatoms. The lowest BCUT2D eigenvalue weighted by molar-refractivity contribution is -0.389. The van der Waals surface area contributed by atoms with Crippen LogP contribution in [0.2, 0.25) is 0 Å². The van der Waals surface area contributed by atoms with E-state index in [9.17, 15) is 30.4 Å². The van der Waals surface area contributed by atoms with Gasteiger partial charge in [-0.2, -0.15) is 0 Å². The Balaban J connectivity index is 2.66. The lowest BCUT2D eigenvalue weighted by Crippen LogP contribution is -2.29. The summed E-state index contributed by atoms with van der Waals surface area (Å²) in [5.74, 6) is -2.69. The van der Waals surface area contributed by atoms with Crippen molar-refractivity contribution in [3.05, 3.63) is 55.6 Å². The smallest absolute Gasteiger partial charge is 0.281 e. The molecule has 0 unspecified atom stereocenters. The van der Waals surface area contributed by atoms with Gasteiger partial charge in [-0.15, -0.1) is 0 Å². The molecule has 0 bridgehead atoms. The van der Waals surface area contributed by atoms with Crippen LogP contribution in [0.3, 0.4) is 0 Å². The van der Waals surface area contributed by atoms with Gasteiger partial charge in [-0.1, -0.05) is 0 Å². The molecular weight excluding hydrogens is 404 g/mol. The van der Waals surface area contributed by atoms with Crippen molar-refractivity contribution in [2.45, 2.75) is 12.2 Å². The van der Waals surface area contributed by atoms with E-state index in [1.54, 1.807) is 0 Å². The van der Waals surface area contributed by atoms with Crippen molar-refractivity contribution < 1.29 is 39.0 Å². The van der Waals surface area contributed by atoms with Crippen molar-refractivity contribution in [1.29, 1.82) is 0 Å². The van der Waals surface area contributed by atoms with E-state index in [0.29, 0.717) is 0 Å². The molecule has 0 fully saturated rings. The normalized spacial score (nSPS) is 11.0. The number of benzene rings is 2. The van der Waals surface area contributed by atoms with Crippen LogP contribution in [0.1, 0.15) is 11.1 Å². The van der Waals surface area contributed by atoms with E-state index in [1.165, 1.54) is 34.5 Å².